The van der Waals surface area contributed by atoms with Crippen molar-refractivity contribution in [2.24, 2.45) is 0 Å². The molecule has 0 aliphatic rings. The fourth-order valence-electron chi connectivity index (χ4n) is 9.00. The minimum Gasteiger partial charge on any atom is -0.309 e. The van der Waals surface area contributed by atoms with E-state index < -0.39 is 0 Å². The fourth-order valence-corrected chi connectivity index (χ4v) is 9.00. The summed E-state index contributed by atoms with van der Waals surface area (Å²) in [5.41, 5.74) is 17.4. The van der Waals surface area contributed by atoms with Crippen molar-refractivity contribution in [3.8, 4) is 44.8 Å². The third kappa shape index (κ3) is 6.49. The van der Waals surface area contributed by atoms with E-state index >= 15 is 0 Å². The first-order chi connectivity index (χ1) is 28.7. The summed E-state index contributed by atoms with van der Waals surface area (Å²) < 4.78 is 4.86. The summed E-state index contributed by atoms with van der Waals surface area (Å²) in [5, 5.41) is 5.05. The van der Waals surface area contributed by atoms with Gasteiger partial charge in [-0.3, -0.25) is 0 Å². The Morgan fingerprint density at radius 2 is 0.690 bits per heavy atom. The van der Waals surface area contributed by atoms with Crippen LogP contribution in [-0.2, 0) is 12.8 Å². The lowest BCUT2D eigenvalue weighted by Gasteiger charge is -2.12. The molecule has 0 unspecified atom stereocenters. The van der Waals surface area contributed by atoms with E-state index in [1.165, 1.54) is 125 Å². The van der Waals surface area contributed by atoms with Gasteiger partial charge in [0.25, 0.3) is 0 Å². The molecule has 0 aliphatic heterocycles. The Labute approximate surface area is 341 Å². The van der Waals surface area contributed by atoms with Crippen molar-refractivity contribution in [1.82, 2.24) is 9.13 Å². The molecule has 0 spiro atoms. The number of hydrogen-bond acceptors (Lipinski definition) is 0. The molecule has 2 heteroatoms. The van der Waals surface area contributed by atoms with Gasteiger partial charge < -0.3 is 9.13 Å². The average molecular weight is 749 g/mol. The van der Waals surface area contributed by atoms with Crippen molar-refractivity contribution < 1.29 is 0 Å². The van der Waals surface area contributed by atoms with Gasteiger partial charge in [0.2, 0.25) is 0 Å². The lowest BCUT2D eigenvalue weighted by molar-refractivity contribution is 0.795. The number of aryl methyl sites for hydroxylation is 2. The van der Waals surface area contributed by atoms with Gasteiger partial charge >= 0.3 is 0 Å². The normalized spacial score (nSPS) is 11.7. The first kappa shape index (κ1) is 35.8. The van der Waals surface area contributed by atoms with Gasteiger partial charge in [-0.05, 0) is 131 Å². The standard InChI is InChI=1S/C56H48N2/c1-3-5-13-39-23-27-41(28-24-39)43-15-11-17-47(35-43)57-53-21-9-7-19-49(53)51-37-45(31-33-55(51)57)46-32-34-56-52(38-46)50-20-8-10-22-54(50)58(56)48-18-12-16-44(36-48)42-29-25-40(26-30-42)14-6-4-2/h7-12,15-38H,3-6,13-14H2,1-2H3. The molecule has 0 saturated heterocycles. The quantitative estimate of drug-likeness (QED) is 0.125. The summed E-state index contributed by atoms with van der Waals surface area (Å²) in [6.07, 6.45) is 7.18. The Balaban J connectivity index is 1.04. The highest BCUT2D eigenvalue weighted by molar-refractivity contribution is 6.12. The summed E-state index contributed by atoms with van der Waals surface area (Å²) in [6, 6.07) is 68.0. The summed E-state index contributed by atoms with van der Waals surface area (Å²) in [6.45, 7) is 4.51. The molecule has 2 aromatic heterocycles. The smallest absolute Gasteiger partial charge is 0.0541 e. The zero-order valence-electron chi connectivity index (χ0n) is 33.5. The minimum absolute atomic E-state index is 1.14. The zero-order valence-corrected chi connectivity index (χ0v) is 33.5. The number of hydrogen-bond donors (Lipinski definition) is 0. The number of aromatic nitrogens is 2. The molecule has 0 amide bonds. The second-order valence-electron chi connectivity index (χ2n) is 15.9. The largest absolute Gasteiger partial charge is 0.309 e. The van der Waals surface area contributed by atoms with Crippen LogP contribution in [0.25, 0.3) is 88.4 Å². The molecule has 10 aromatic rings. The highest BCUT2D eigenvalue weighted by Gasteiger charge is 2.17. The van der Waals surface area contributed by atoms with Gasteiger partial charge in [0.15, 0.2) is 0 Å². The molecule has 0 saturated carbocycles. The zero-order chi connectivity index (χ0) is 39.0. The molecular formula is C56H48N2. The van der Waals surface area contributed by atoms with Gasteiger partial charge in [-0.2, -0.15) is 0 Å². The van der Waals surface area contributed by atoms with Gasteiger partial charge in [-0.15, -0.1) is 0 Å². The Morgan fingerprint density at radius 3 is 1.12 bits per heavy atom. The maximum Gasteiger partial charge on any atom is 0.0541 e. The Morgan fingerprint density at radius 1 is 0.310 bits per heavy atom. The molecule has 8 aromatic carbocycles. The number of nitrogens with zero attached hydrogens (tertiary/aromatic N) is 2. The lowest BCUT2D eigenvalue weighted by atomic mass is 10.0. The predicted molar refractivity (Wildman–Crippen MR) is 249 cm³/mol. The molecule has 2 heterocycles. The number of fused-ring (bicyclic) bond motifs is 6. The monoisotopic (exact) mass is 748 g/mol. The third-order valence-electron chi connectivity index (χ3n) is 12.1. The molecule has 2 nitrogen and oxygen atoms in total. The molecule has 0 N–H and O–H groups in total. The van der Waals surface area contributed by atoms with Crippen LogP contribution in [0.1, 0.15) is 50.7 Å². The van der Waals surface area contributed by atoms with Crippen LogP contribution in [0.15, 0.2) is 182 Å². The maximum absolute atomic E-state index is 2.43. The second-order valence-corrected chi connectivity index (χ2v) is 15.9. The van der Waals surface area contributed by atoms with Crippen molar-refractivity contribution in [3.63, 3.8) is 0 Å². The average Bonchev–Trinajstić information content (AvgIpc) is 3.80. The topological polar surface area (TPSA) is 9.86 Å². The highest BCUT2D eigenvalue weighted by Crippen LogP contribution is 2.39. The van der Waals surface area contributed by atoms with Crippen LogP contribution in [0, 0.1) is 0 Å². The van der Waals surface area contributed by atoms with E-state index in [2.05, 4.69) is 205 Å². The van der Waals surface area contributed by atoms with Crippen LogP contribution < -0.4 is 0 Å². The molecule has 0 atom stereocenters. The third-order valence-corrected chi connectivity index (χ3v) is 12.1. The predicted octanol–water partition coefficient (Wildman–Crippen LogP) is 15.6. The van der Waals surface area contributed by atoms with Crippen molar-refractivity contribution in [1.29, 1.82) is 0 Å². The van der Waals surface area contributed by atoms with E-state index in [0.29, 0.717) is 0 Å². The minimum atomic E-state index is 1.14. The number of rotatable bonds is 11. The molecule has 0 aliphatic carbocycles. The SMILES string of the molecule is CCCCc1ccc(-c2cccc(-n3c4ccccc4c4cc(-c5ccc6c(c5)c5ccccc5n6-c5cccc(-c6ccc(CCCC)cc6)c5)ccc43)c2)cc1. The number of para-hydroxylation sites is 2. The van der Waals surface area contributed by atoms with E-state index in [9.17, 15) is 0 Å². The molecule has 0 fully saturated rings. The van der Waals surface area contributed by atoms with Gasteiger partial charge in [0.1, 0.15) is 0 Å². The van der Waals surface area contributed by atoms with Gasteiger partial charge in [0, 0.05) is 32.9 Å². The summed E-state index contributed by atoms with van der Waals surface area (Å²) in [4.78, 5) is 0. The van der Waals surface area contributed by atoms with E-state index in [-0.39, 0.29) is 0 Å². The molecule has 58 heavy (non-hydrogen) atoms. The number of benzene rings is 8. The summed E-state index contributed by atoms with van der Waals surface area (Å²) >= 11 is 0. The van der Waals surface area contributed by atoms with Crippen LogP contribution in [-0.4, -0.2) is 9.13 Å². The van der Waals surface area contributed by atoms with Crippen molar-refractivity contribution >= 4 is 43.6 Å². The van der Waals surface area contributed by atoms with E-state index in [4.69, 9.17) is 0 Å². The summed E-state index contributed by atoms with van der Waals surface area (Å²) in [5.74, 6) is 0. The molecule has 0 radical (unpaired) electrons. The molecule has 10 rings (SSSR count). The molecule has 282 valence electrons. The van der Waals surface area contributed by atoms with E-state index in [0.717, 1.165) is 12.8 Å². The Bertz CT molecular complexity index is 2850. The van der Waals surface area contributed by atoms with Gasteiger partial charge in [-0.25, -0.2) is 0 Å². The van der Waals surface area contributed by atoms with Crippen LogP contribution >= 0.6 is 0 Å². The van der Waals surface area contributed by atoms with E-state index in [1.54, 1.807) is 0 Å². The van der Waals surface area contributed by atoms with Crippen LogP contribution in [0.3, 0.4) is 0 Å². The first-order valence-corrected chi connectivity index (χ1v) is 21.1. The van der Waals surface area contributed by atoms with Crippen LogP contribution in [0.2, 0.25) is 0 Å². The summed E-state index contributed by atoms with van der Waals surface area (Å²) in [7, 11) is 0. The molecular weight excluding hydrogens is 701 g/mol. The van der Waals surface area contributed by atoms with Crippen molar-refractivity contribution in [2.45, 2.75) is 52.4 Å². The lowest BCUT2D eigenvalue weighted by Crippen LogP contribution is -1.95. The second kappa shape index (κ2) is 15.4. The van der Waals surface area contributed by atoms with Crippen molar-refractivity contribution in [2.75, 3.05) is 0 Å². The molecule has 0 bridgehead atoms. The van der Waals surface area contributed by atoms with Gasteiger partial charge in [-0.1, -0.05) is 148 Å². The fraction of sp³-hybridized carbons (Fsp3) is 0.143. The highest BCUT2D eigenvalue weighted by atomic mass is 15.0. The maximum atomic E-state index is 2.43. The Hall–Kier alpha value is -6.64. The van der Waals surface area contributed by atoms with Gasteiger partial charge in [0.05, 0.1) is 22.1 Å². The van der Waals surface area contributed by atoms with Crippen molar-refractivity contribution in [3.05, 3.63) is 193 Å². The van der Waals surface area contributed by atoms with Crippen LogP contribution in [0.5, 0.6) is 0 Å². The van der Waals surface area contributed by atoms with Crippen LogP contribution in [0.4, 0.5) is 0 Å². The Kier molecular flexibility index (Phi) is 9.47. The first-order valence-electron chi connectivity index (χ1n) is 21.1. The number of unbranched alkanes of at least 4 members (excludes halogenated alkanes) is 2. The van der Waals surface area contributed by atoms with E-state index in [1.807, 2.05) is 0 Å².